The van der Waals surface area contributed by atoms with E-state index in [2.05, 4.69) is 17.6 Å². The van der Waals surface area contributed by atoms with Gasteiger partial charge in [-0.2, -0.15) is 0 Å². The molecule has 2 aromatic rings. The smallest absolute Gasteiger partial charge is 0.248 e. The molecular weight excluding hydrogens is 310 g/mol. The van der Waals surface area contributed by atoms with Crippen LogP contribution in [0, 0.1) is 0 Å². The fraction of sp³-hybridized carbons (Fsp3) is 0.286. The predicted octanol–water partition coefficient (Wildman–Crippen LogP) is 4.62. The molecule has 132 valence electrons. The first-order chi connectivity index (χ1) is 12.1. The predicted molar refractivity (Wildman–Crippen MR) is 108 cm³/mol. The molecule has 1 amide bonds. The molecule has 0 aliphatic rings. The molecule has 4 heteroatoms. The quantitative estimate of drug-likeness (QED) is 0.546. The summed E-state index contributed by atoms with van der Waals surface area (Å²) in [5, 5.41) is 6.23. The lowest BCUT2D eigenvalue weighted by atomic mass is 10.2. The number of carbonyl (C=O) groups excluding carboxylic acids is 1. The van der Waals surface area contributed by atoms with Crippen molar-refractivity contribution in [2.24, 2.45) is 0 Å². The molecule has 2 rings (SSSR count). The maximum absolute atomic E-state index is 12.0. The maximum Gasteiger partial charge on any atom is 0.248 e. The zero-order valence-corrected chi connectivity index (χ0v) is 15.3. The molecule has 25 heavy (non-hydrogen) atoms. The third-order valence-electron chi connectivity index (χ3n) is 3.85. The SMILES string of the molecule is CCCCNc1ccc(NC(=O)/C=C/c2ccc(N(C)C)cc2)cc1. The molecule has 0 aliphatic carbocycles. The number of anilines is 3. The summed E-state index contributed by atoms with van der Waals surface area (Å²) in [6.45, 7) is 3.14. The molecule has 0 fully saturated rings. The second-order valence-electron chi connectivity index (χ2n) is 6.17. The number of nitrogens with one attached hydrogen (secondary N) is 2. The van der Waals surface area contributed by atoms with Crippen molar-refractivity contribution < 1.29 is 4.79 Å². The molecule has 0 aromatic heterocycles. The number of hydrogen-bond donors (Lipinski definition) is 2. The van der Waals surface area contributed by atoms with Crippen LogP contribution in [-0.4, -0.2) is 26.5 Å². The van der Waals surface area contributed by atoms with Gasteiger partial charge in [0.05, 0.1) is 0 Å². The van der Waals surface area contributed by atoms with Crippen LogP contribution in [0.15, 0.2) is 54.6 Å². The molecule has 0 radical (unpaired) electrons. The topological polar surface area (TPSA) is 44.4 Å². The van der Waals surface area contributed by atoms with Gasteiger partial charge in [-0.05, 0) is 54.5 Å². The fourth-order valence-electron chi connectivity index (χ4n) is 2.32. The number of unbranched alkanes of at least 4 members (excludes halogenated alkanes) is 1. The average Bonchev–Trinajstić information content (AvgIpc) is 2.62. The van der Waals surface area contributed by atoms with Crippen LogP contribution in [0.5, 0.6) is 0 Å². The minimum absolute atomic E-state index is 0.136. The van der Waals surface area contributed by atoms with E-state index in [1.807, 2.05) is 73.6 Å². The number of amides is 1. The van der Waals surface area contributed by atoms with Gasteiger partial charge in [0, 0.05) is 43.8 Å². The van der Waals surface area contributed by atoms with Crippen molar-refractivity contribution in [1.29, 1.82) is 0 Å². The molecule has 0 spiro atoms. The molecule has 0 bridgehead atoms. The lowest BCUT2D eigenvalue weighted by Crippen LogP contribution is -2.08. The van der Waals surface area contributed by atoms with Gasteiger partial charge in [-0.15, -0.1) is 0 Å². The first kappa shape index (κ1) is 18.6. The summed E-state index contributed by atoms with van der Waals surface area (Å²) < 4.78 is 0. The zero-order chi connectivity index (χ0) is 18.1. The zero-order valence-electron chi connectivity index (χ0n) is 15.3. The molecule has 2 N–H and O–H groups in total. The van der Waals surface area contributed by atoms with Crippen LogP contribution < -0.4 is 15.5 Å². The number of benzene rings is 2. The summed E-state index contributed by atoms with van der Waals surface area (Å²) in [6, 6.07) is 15.8. The lowest BCUT2D eigenvalue weighted by Gasteiger charge is -2.11. The molecule has 0 saturated heterocycles. The second-order valence-corrected chi connectivity index (χ2v) is 6.17. The molecule has 0 saturated carbocycles. The Balaban J connectivity index is 1.86. The average molecular weight is 337 g/mol. The van der Waals surface area contributed by atoms with E-state index in [9.17, 15) is 4.79 Å². The van der Waals surface area contributed by atoms with Crippen LogP contribution in [0.1, 0.15) is 25.3 Å². The Hall–Kier alpha value is -2.75. The lowest BCUT2D eigenvalue weighted by molar-refractivity contribution is -0.111. The number of rotatable bonds is 8. The van der Waals surface area contributed by atoms with Crippen LogP contribution in [0.25, 0.3) is 6.08 Å². The Bertz CT molecular complexity index is 688. The minimum atomic E-state index is -0.136. The van der Waals surface area contributed by atoms with E-state index < -0.39 is 0 Å². The van der Waals surface area contributed by atoms with Gasteiger partial charge in [-0.3, -0.25) is 4.79 Å². The highest BCUT2D eigenvalue weighted by atomic mass is 16.1. The number of carbonyl (C=O) groups is 1. The van der Waals surface area contributed by atoms with Gasteiger partial charge in [0.15, 0.2) is 0 Å². The molecule has 0 atom stereocenters. The Morgan fingerprint density at radius 1 is 1.00 bits per heavy atom. The molecule has 0 aliphatic heterocycles. The van der Waals surface area contributed by atoms with Crippen LogP contribution in [0.2, 0.25) is 0 Å². The van der Waals surface area contributed by atoms with Crippen molar-refractivity contribution in [2.45, 2.75) is 19.8 Å². The van der Waals surface area contributed by atoms with Crippen LogP contribution in [0.4, 0.5) is 17.1 Å². The highest BCUT2D eigenvalue weighted by Crippen LogP contribution is 2.15. The minimum Gasteiger partial charge on any atom is -0.385 e. The highest BCUT2D eigenvalue weighted by Gasteiger charge is 1.99. The molecule has 0 heterocycles. The fourth-order valence-corrected chi connectivity index (χ4v) is 2.32. The third-order valence-corrected chi connectivity index (χ3v) is 3.85. The van der Waals surface area contributed by atoms with Gasteiger partial charge in [0.1, 0.15) is 0 Å². The summed E-state index contributed by atoms with van der Waals surface area (Å²) in [5.74, 6) is -0.136. The summed E-state index contributed by atoms with van der Waals surface area (Å²) in [5.41, 5.74) is 3.99. The van der Waals surface area contributed by atoms with Gasteiger partial charge in [0.2, 0.25) is 5.91 Å². The van der Waals surface area contributed by atoms with Crippen molar-refractivity contribution in [2.75, 3.05) is 36.2 Å². The van der Waals surface area contributed by atoms with Gasteiger partial charge < -0.3 is 15.5 Å². The van der Waals surface area contributed by atoms with Crippen molar-refractivity contribution in [3.63, 3.8) is 0 Å². The number of hydrogen-bond acceptors (Lipinski definition) is 3. The van der Waals surface area contributed by atoms with Crippen molar-refractivity contribution in [3.8, 4) is 0 Å². The monoisotopic (exact) mass is 337 g/mol. The summed E-state index contributed by atoms with van der Waals surface area (Å²) >= 11 is 0. The molecule has 0 unspecified atom stereocenters. The largest absolute Gasteiger partial charge is 0.385 e. The highest BCUT2D eigenvalue weighted by molar-refractivity contribution is 6.02. The second kappa shape index (κ2) is 9.52. The van der Waals surface area contributed by atoms with Crippen LogP contribution in [-0.2, 0) is 4.79 Å². The Morgan fingerprint density at radius 3 is 2.24 bits per heavy atom. The normalized spacial score (nSPS) is 10.7. The molecule has 2 aromatic carbocycles. The van der Waals surface area contributed by atoms with E-state index in [0.717, 1.165) is 35.6 Å². The van der Waals surface area contributed by atoms with Crippen molar-refractivity contribution in [1.82, 2.24) is 0 Å². The third kappa shape index (κ3) is 6.34. The van der Waals surface area contributed by atoms with Crippen LogP contribution in [0.3, 0.4) is 0 Å². The number of nitrogens with zero attached hydrogens (tertiary/aromatic N) is 1. The summed E-state index contributed by atoms with van der Waals surface area (Å²) in [6.07, 6.45) is 5.69. The van der Waals surface area contributed by atoms with Crippen molar-refractivity contribution in [3.05, 3.63) is 60.2 Å². The molecular formula is C21H27N3O. The Kier molecular flexibility index (Phi) is 7.08. The van der Waals surface area contributed by atoms with Gasteiger partial charge in [0.25, 0.3) is 0 Å². The van der Waals surface area contributed by atoms with E-state index in [4.69, 9.17) is 0 Å². The van der Waals surface area contributed by atoms with Gasteiger partial charge in [-0.1, -0.05) is 25.5 Å². The van der Waals surface area contributed by atoms with Gasteiger partial charge >= 0.3 is 0 Å². The first-order valence-corrected chi connectivity index (χ1v) is 8.69. The van der Waals surface area contributed by atoms with E-state index >= 15 is 0 Å². The van der Waals surface area contributed by atoms with E-state index in [1.165, 1.54) is 6.42 Å². The van der Waals surface area contributed by atoms with E-state index in [-0.39, 0.29) is 5.91 Å². The maximum atomic E-state index is 12.0. The summed E-state index contributed by atoms with van der Waals surface area (Å²) in [7, 11) is 4.01. The first-order valence-electron chi connectivity index (χ1n) is 8.69. The van der Waals surface area contributed by atoms with E-state index in [1.54, 1.807) is 6.08 Å². The Morgan fingerprint density at radius 2 is 1.64 bits per heavy atom. The van der Waals surface area contributed by atoms with E-state index in [0.29, 0.717) is 0 Å². The van der Waals surface area contributed by atoms with Gasteiger partial charge in [-0.25, -0.2) is 0 Å². The standard InChI is InChI=1S/C21H27N3O/c1-4-5-16-22-18-9-11-19(12-10-18)23-21(25)15-8-17-6-13-20(14-7-17)24(2)3/h6-15,22H,4-5,16H2,1-3H3,(H,23,25)/b15-8+. The molecule has 4 nitrogen and oxygen atoms in total. The van der Waals surface area contributed by atoms with Crippen LogP contribution >= 0.6 is 0 Å². The Labute approximate surface area is 150 Å². The van der Waals surface area contributed by atoms with Crippen molar-refractivity contribution >= 4 is 29.0 Å². The summed E-state index contributed by atoms with van der Waals surface area (Å²) in [4.78, 5) is 14.1.